The van der Waals surface area contributed by atoms with Crippen LogP contribution < -0.4 is 0 Å². The molecule has 0 aliphatic carbocycles. The van der Waals surface area contributed by atoms with Crippen LogP contribution in [0.1, 0.15) is 17.5 Å². The van der Waals surface area contributed by atoms with Crippen LogP contribution in [0.5, 0.6) is 0 Å². The van der Waals surface area contributed by atoms with Crippen molar-refractivity contribution >= 4 is 35.0 Å². The zero-order valence-electron chi connectivity index (χ0n) is 11.5. The monoisotopic (exact) mass is 344 g/mol. The van der Waals surface area contributed by atoms with Gasteiger partial charge in [-0.05, 0) is 23.8 Å². The van der Waals surface area contributed by atoms with Gasteiger partial charge in [-0.3, -0.25) is 0 Å². The van der Waals surface area contributed by atoms with Crippen molar-refractivity contribution in [3.63, 3.8) is 0 Å². The van der Waals surface area contributed by atoms with E-state index in [2.05, 4.69) is 9.97 Å². The normalized spacial score (nSPS) is 11.1. The maximum atomic E-state index is 6.14. The van der Waals surface area contributed by atoms with Crippen LogP contribution in [0.2, 0.25) is 10.0 Å². The number of halogens is 2. The predicted octanol–water partition coefficient (Wildman–Crippen LogP) is 4.37. The van der Waals surface area contributed by atoms with Gasteiger partial charge in [0.1, 0.15) is 5.69 Å². The Balaban J connectivity index is 2.08. The van der Waals surface area contributed by atoms with Crippen LogP contribution in [-0.2, 0) is 15.2 Å². The number of methoxy groups -OCH3 is 2. The summed E-state index contributed by atoms with van der Waals surface area (Å²) in [7, 11) is 3.13. The predicted molar refractivity (Wildman–Crippen MR) is 84.8 cm³/mol. The Morgan fingerprint density at radius 2 is 1.95 bits per heavy atom. The van der Waals surface area contributed by atoms with E-state index in [0.29, 0.717) is 26.6 Å². The van der Waals surface area contributed by atoms with Crippen LogP contribution in [0.15, 0.2) is 35.6 Å². The summed E-state index contributed by atoms with van der Waals surface area (Å²) in [6, 6.07) is 7.19. The van der Waals surface area contributed by atoms with E-state index >= 15 is 0 Å². The molecule has 0 spiro atoms. The molecule has 0 saturated carbocycles. The number of aromatic nitrogens is 2. The van der Waals surface area contributed by atoms with E-state index in [4.69, 9.17) is 32.7 Å². The fraction of sp³-hybridized carbons (Fsp3) is 0.286. The molecular weight excluding hydrogens is 331 g/mol. The molecule has 112 valence electrons. The molecule has 0 aliphatic heterocycles. The second kappa shape index (κ2) is 7.96. The lowest BCUT2D eigenvalue weighted by molar-refractivity contribution is -0.109. The second-order valence-corrected chi connectivity index (χ2v) is 5.88. The minimum atomic E-state index is -0.494. The summed E-state index contributed by atoms with van der Waals surface area (Å²) in [6.07, 6.45) is 1.19. The molecule has 0 saturated heterocycles. The van der Waals surface area contributed by atoms with Crippen molar-refractivity contribution < 1.29 is 9.47 Å². The molecule has 1 aromatic heterocycles. The maximum Gasteiger partial charge on any atom is 0.200 e. The first-order valence-corrected chi connectivity index (χ1v) is 7.83. The third-order valence-electron chi connectivity index (χ3n) is 2.70. The molecule has 0 N–H and O–H groups in total. The number of hydrogen-bond acceptors (Lipinski definition) is 5. The van der Waals surface area contributed by atoms with E-state index in [1.165, 1.54) is 11.8 Å². The summed E-state index contributed by atoms with van der Waals surface area (Å²) in [5.41, 5.74) is 1.66. The van der Waals surface area contributed by atoms with Gasteiger partial charge in [-0.25, -0.2) is 9.97 Å². The number of thioether (sulfide) groups is 1. The van der Waals surface area contributed by atoms with E-state index in [1.54, 1.807) is 32.5 Å². The molecule has 2 rings (SSSR count). The highest BCUT2D eigenvalue weighted by molar-refractivity contribution is 7.98. The summed E-state index contributed by atoms with van der Waals surface area (Å²) >= 11 is 13.5. The van der Waals surface area contributed by atoms with Crippen molar-refractivity contribution in [2.45, 2.75) is 17.2 Å². The number of benzene rings is 1. The van der Waals surface area contributed by atoms with Crippen LogP contribution in [0.3, 0.4) is 0 Å². The number of hydrogen-bond donors (Lipinski definition) is 0. The Kier molecular flexibility index (Phi) is 6.26. The Morgan fingerprint density at radius 3 is 2.62 bits per heavy atom. The molecule has 0 bridgehead atoms. The number of nitrogens with zero attached hydrogens (tertiary/aromatic N) is 2. The Bertz CT molecular complexity index is 609. The first-order valence-electron chi connectivity index (χ1n) is 6.09. The van der Waals surface area contributed by atoms with Gasteiger partial charge in [0, 0.05) is 36.2 Å². The summed E-state index contributed by atoms with van der Waals surface area (Å²) in [4.78, 5) is 8.63. The molecule has 1 heterocycles. The average molecular weight is 345 g/mol. The molecule has 7 heteroatoms. The van der Waals surface area contributed by atoms with E-state index in [0.717, 1.165) is 5.56 Å². The lowest BCUT2D eigenvalue weighted by atomic mass is 10.2. The molecule has 2 aromatic rings. The smallest absolute Gasteiger partial charge is 0.200 e. The van der Waals surface area contributed by atoms with Crippen molar-refractivity contribution in [2.75, 3.05) is 14.2 Å². The molecule has 1 aromatic carbocycles. The van der Waals surface area contributed by atoms with E-state index in [1.807, 2.05) is 12.1 Å². The van der Waals surface area contributed by atoms with Gasteiger partial charge >= 0.3 is 0 Å². The SMILES string of the molecule is COC(OC)c1ccnc(SCc2ccc(Cl)cc2Cl)n1. The molecule has 0 amide bonds. The molecule has 0 atom stereocenters. The lowest BCUT2D eigenvalue weighted by Crippen LogP contribution is -2.07. The highest BCUT2D eigenvalue weighted by Crippen LogP contribution is 2.27. The van der Waals surface area contributed by atoms with Gasteiger partial charge in [-0.2, -0.15) is 0 Å². The van der Waals surface area contributed by atoms with Gasteiger partial charge in [0.2, 0.25) is 6.29 Å². The summed E-state index contributed by atoms with van der Waals surface area (Å²) in [5, 5.41) is 1.89. The van der Waals surface area contributed by atoms with Crippen LogP contribution in [0.25, 0.3) is 0 Å². The Labute approximate surface area is 137 Å². The molecule has 0 unspecified atom stereocenters. The third kappa shape index (κ3) is 4.56. The van der Waals surface area contributed by atoms with Crippen LogP contribution in [0.4, 0.5) is 0 Å². The van der Waals surface area contributed by atoms with Crippen LogP contribution in [0, 0.1) is 0 Å². The molecule has 0 aliphatic rings. The second-order valence-electron chi connectivity index (χ2n) is 4.09. The molecule has 0 radical (unpaired) electrons. The molecular formula is C14H14Cl2N2O2S. The Morgan fingerprint density at radius 1 is 1.19 bits per heavy atom. The van der Waals surface area contributed by atoms with Gasteiger partial charge in [0.15, 0.2) is 5.16 Å². The fourth-order valence-corrected chi connectivity index (χ4v) is 3.07. The highest BCUT2D eigenvalue weighted by Gasteiger charge is 2.12. The van der Waals surface area contributed by atoms with E-state index < -0.39 is 6.29 Å². The van der Waals surface area contributed by atoms with Crippen molar-refractivity contribution in [2.24, 2.45) is 0 Å². The third-order valence-corrected chi connectivity index (χ3v) is 4.19. The lowest BCUT2D eigenvalue weighted by Gasteiger charge is -2.12. The summed E-state index contributed by atoms with van der Waals surface area (Å²) in [5.74, 6) is 0.657. The van der Waals surface area contributed by atoms with Gasteiger partial charge in [-0.1, -0.05) is 41.0 Å². The molecule has 21 heavy (non-hydrogen) atoms. The van der Waals surface area contributed by atoms with E-state index in [-0.39, 0.29) is 0 Å². The summed E-state index contributed by atoms with van der Waals surface area (Å²) < 4.78 is 10.4. The zero-order valence-corrected chi connectivity index (χ0v) is 13.9. The molecule has 0 fully saturated rings. The van der Waals surface area contributed by atoms with Gasteiger partial charge in [0.25, 0.3) is 0 Å². The Hall–Kier alpha value is -0.850. The van der Waals surface area contributed by atoms with Crippen molar-refractivity contribution in [1.29, 1.82) is 0 Å². The number of rotatable bonds is 6. The fourth-order valence-electron chi connectivity index (χ4n) is 1.67. The van der Waals surface area contributed by atoms with E-state index in [9.17, 15) is 0 Å². The van der Waals surface area contributed by atoms with Crippen molar-refractivity contribution in [1.82, 2.24) is 9.97 Å². The minimum absolute atomic E-state index is 0.494. The largest absolute Gasteiger partial charge is 0.350 e. The number of ether oxygens (including phenoxy) is 2. The van der Waals surface area contributed by atoms with Gasteiger partial charge < -0.3 is 9.47 Å². The zero-order chi connectivity index (χ0) is 15.2. The van der Waals surface area contributed by atoms with Gasteiger partial charge in [-0.15, -0.1) is 0 Å². The standard InChI is InChI=1S/C14H14Cl2N2O2S/c1-19-13(20-2)12-5-6-17-14(18-12)21-8-9-3-4-10(15)7-11(9)16/h3-7,13H,8H2,1-2H3. The topological polar surface area (TPSA) is 44.2 Å². The highest BCUT2D eigenvalue weighted by atomic mass is 35.5. The minimum Gasteiger partial charge on any atom is -0.350 e. The average Bonchev–Trinajstić information content (AvgIpc) is 2.48. The van der Waals surface area contributed by atoms with Crippen molar-refractivity contribution in [3.05, 3.63) is 51.8 Å². The summed E-state index contributed by atoms with van der Waals surface area (Å²) in [6.45, 7) is 0. The quantitative estimate of drug-likeness (QED) is 0.442. The molecule has 4 nitrogen and oxygen atoms in total. The van der Waals surface area contributed by atoms with Crippen molar-refractivity contribution in [3.8, 4) is 0 Å². The van der Waals surface area contributed by atoms with Crippen LogP contribution in [-0.4, -0.2) is 24.2 Å². The maximum absolute atomic E-state index is 6.14. The van der Waals surface area contributed by atoms with Crippen LogP contribution >= 0.6 is 35.0 Å². The van der Waals surface area contributed by atoms with Gasteiger partial charge in [0.05, 0.1) is 0 Å². The first-order chi connectivity index (χ1) is 10.1. The first kappa shape index (κ1) is 16.5.